The summed E-state index contributed by atoms with van der Waals surface area (Å²) < 4.78 is 10.8. The van der Waals surface area contributed by atoms with Crippen molar-refractivity contribution < 1.29 is 14.3 Å². The number of carbonyl (C=O) groups is 1. The zero-order valence-electron chi connectivity index (χ0n) is 14.4. The molecular formula is C20H20N2O3. The molecule has 0 N–H and O–H groups in total. The maximum Gasteiger partial charge on any atom is 0.253 e. The van der Waals surface area contributed by atoms with Crippen LogP contribution < -0.4 is 9.47 Å². The quantitative estimate of drug-likeness (QED) is 0.860. The number of carbonyl (C=O) groups excluding carboxylic acids is 1. The molecule has 1 atom stereocenters. The van der Waals surface area contributed by atoms with Gasteiger partial charge in [-0.25, -0.2) is 0 Å². The summed E-state index contributed by atoms with van der Waals surface area (Å²) in [6.07, 6.45) is 0.868. The smallest absolute Gasteiger partial charge is 0.253 e. The Labute approximate surface area is 147 Å². The lowest BCUT2D eigenvalue weighted by atomic mass is 9.97. The van der Waals surface area contributed by atoms with Gasteiger partial charge in [-0.15, -0.1) is 0 Å². The lowest BCUT2D eigenvalue weighted by Crippen LogP contribution is -2.28. The van der Waals surface area contributed by atoms with E-state index in [-0.39, 0.29) is 11.8 Å². The molecule has 5 heteroatoms. The molecule has 3 rings (SSSR count). The molecule has 0 aromatic heterocycles. The molecule has 0 aliphatic carbocycles. The highest BCUT2D eigenvalue weighted by Gasteiger charge is 2.30. The fraction of sp³-hybridized carbons (Fsp3) is 0.300. The Hall–Kier alpha value is -3.00. The van der Waals surface area contributed by atoms with E-state index in [0.717, 1.165) is 23.5 Å². The van der Waals surface area contributed by atoms with E-state index in [4.69, 9.17) is 14.7 Å². The largest absolute Gasteiger partial charge is 0.497 e. The molecule has 2 aromatic carbocycles. The molecule has 25 heavy (non-hydrogen) atoms. The summed E-state index contributed by atoms with van der Waals surface area (Å²) in [4.78, 5) is 14.6. The third-order valence-electron chi connectivity index (χ3n) is 4.59. The van der Waals surface area contributed by atoms with Crippen molar-refractivity contribution in [2.24, 2.45) is 0 Å². The molecule has 1 heterocycles. The first-order valence-electron chi connectivity index (χ1n) is 8.17. The SMILES string of the molecule is COc1ccc(OC)c(C2CCN(C(=O)c3cccc(C#N)c3)C2)c1. The second kappa shape index (κ2) is 7.27. The number of nitrogens with zero attached hydrogens (tertiary/aromatic N) is 2. The van der Waals surface area contributed by atoms with Crippen LogP contribution in [0.1, 0.15) is 33.8 Å². The topological polar surface area (TPSA) is 62.6 Å². The zero-order valence-corrected chi connectivity index (χ0v) is 14.4. The molecule has 1 unspecified atom stereocenters. The lowest BCUT2D eigenvalue weighted by molar-refractivity contribution is 0.0790. The Bertz CT molecular complexity index is 826. The van der Waals surface area contributed by atoms with Crippen LogP contribution in [0.3, 0.4) is 0 Å². The third-order valence-corrected chi connectivity index (χ3v) is 4.59. The van der Waals surface area contributed by atoms with Crippen molar-refractivity contribution in [2.45, 2.75) is 12.3 Å². The summed E-state index contributed by atoms with van der Waals surface area (Å²) in [6, 6.07) is 14.7. The van der Waals surface area contributed by atoms with Crippen LogP contribution in [0.2, 0.25) is 0 Å². The number of methoxy groups -OCH3 is 2. The standard InChI is InChI=1S/C20H20N2O3/c1-24-17-6-7-19(25-2)18(11-17)16-8-9-22(13-16)20(23)15-5-3-4-14(10-15)12-21/h3-7,10-11,16H,8-9,13H2,1-2H3. The van der Waals surface area contributed by atoms with Crippen molar-refractivity contribution in [1.82, 2.24) is 4.90 Å². The summed E-state index contributed by atoms with van der Waals surface area (Å²) in [5, 5.41) is 9.01. The number of benzene rings is 2. The average Bonchev–Trinajstić information content (AvgIpc) is 3.16. The first kappa shape index (κ1) is 16.8. The molecule has 0 saturated carbocycles. The van der Waals surface area contributed by atoms with E-state index in [1.165, 1.54) is 0 Å². The maximum absolute atomic E-state index is 12.7. The Morgan fingerprint density at radius 2 is 2.04 bits per heavy atom. The number of rotatable bonds is 4. The number of nitriles is 1. The Balaban J connectivity index is 1.80. The summed E-state index contributed by atoms with van der Waals surface area (Å²) in [5.41, 5.74) is 2.11. The van der Waals surface area contributed by atoms with E-state index < -0.39 is 0 Å². The number of hydrogen-bond acceptors (Lipinski definition) is 4. The van der Waals surface area contributed by atoms with Crippen LogP contribution in [0.5, 0.6) is 11.5 Å². The number of ether oxygens (including phenoxy) is 2. The van der Waals surface area contributed by atoms with Crippen LogP contribution in [-0.2, 0) is 0 Å². The molecule has 2 aromatic rings. The van der Waals surface area contributed by atoms with Crippen LogP contribution >= 0.6 is 0 Å². The summed E-state index contributed by atoms with van der Waals surface area (Å²) in [6.45, 7) is 1.31. The second-order valence-electron chi connectivity index (χ2n) is 6.04. The summed E-state index contributed by atoms with van der Waals surface area (Å²) in [7, 11) is 3.29. The first-order valence-corrected chi connectivity index (χ1v) is 8.17. The normalized spacial score (nSPS) is 16.4. The van der Waals surface area contributed by atoms with Gasteiger partial charge in [-0.05, 0) is 42.8 Å². The molecule has 5 nitrogen and oxygen atoms in total. The van der Waals surface area contributed by atoms with Crippen molar-refractivity contribution in [3.05, 3.63) is 59.2 Å². The van der Waals surface area contributed by atoms with E-state index in [1.807, 2.05) is 23.1 Å². The van der Waals surface area contributed by atoms with Gasteiger partial charge in [0.15, 0.2) is 0 Å². The minimum absolute atomic E-state index is 0.0403. The Morgan fingerprint density at radius 3 is 2.76 bits per heavy atom. The van der Waals surface area contributed by atoms with Crippen LogP contribution in [0.4, 0.5) is 0 Å². The fourth-order valence-corrected chi connectivity index (χ4v) is 3.26. The molecule has 0 radical (unpaired) electrons. The number of likely N-dealkylation sites (tertiary alicyclic amines) is 1. The molecule has 1 saturated heterocycles. The van der Waals surface area contributed by atoms with Crippen molar-refractivity contribution in [3.8, 4) is 17.6 Å². The first-order chi connectivity index (χ1) is 12.2. The molecule has 1 aliphatic heterocycles. The lowest BCUT2D eigenvalue weighted by Gasteiger charge is -2.18. The Morgan fingerprint density at radius 1 is 1.20 bits per heavy atom. The van der Waals surface area contributed by atoms with Gasteiger partial charge in [0, 0.05) is 30.1 Å². The molecule has 1 fully saturated rings. The van der Waals surface area contributed by atoms with Crippen molar-refractivity contribution in [2.75, 3.05) is 27.3 Å². The predicted octanol–water partition coefficient (Wildman–Crippen LogP) is 3.21. The minimum Gasteiger partial charge on any atom is -0.497 e. The van der Waals surface area contributed by atoms with Crippen LogP contribution in [-0.4, -0.2) is 38.1 Å². The average molecular weight is 336 g/mol. The Kier molecular flexibility index (Phi) is 4.90. The van der Waals surface area contributed by atoms with Gasteiger partial charge < -0.3 is 14.4 Å². The number of amides is 1. The van der Waals surface area contributed by atoms with E-state index in [1.54, 1.807) is 38.5 Å². The van der Waals surface area contributed by atoms with Gasteiger partial charge in [0.05, 0.1) is 25.9 Å². The van der Waals surface area contributed by atoms with Gasteiger partial charge in [0.25, 0.3) is 5.91 Å². The van der Waals surface area contributed by atoms with Gasteiger partial charge in [-0.2, -0.15) is 5.26 Å². The molecular weight excluding hydrogens is 316 g/mol. The van der Waals surface area contributed by atoms with Crippen LogP contribution in [0.15, 0.2) is 42.5 Å². The predicted molar refractivity (Wildman–Crippen MR) is 94.0 cm³/mol. The molecule has 0 bridgehead atoms. The molecule has 1 aliphatic rings. The van der Waals surface area contributed by atoms with E-state index in [9.17, 15) is 4.79 Å². The van der Waals surface area contributed by atoms with Crippen LogP contribution in [0, 0.1) is 11.3 Å². The molecule has 128 valence electrons. The molecule has 0 spiro atoms. The maximum atomic E-state index is 12.7. The van der Waals surface area contributed by atoms with E-state index in [0.29, 0.717) is 24.2 Å². The van der Waals surface area contributed by atoms with Gasteiger partial charge in [0.2, 0.25) is 0 Å². The van der Waals surface area contributed by atoms with Gasteiger partial charge in [-0.3, -0.25) is 4.79 Å². The summed E-state index contributed by atoms with van der Waals surface area (Å²) >= 11 is 0. The van der Waals surface area contributed by atoms with Crippen molar-refractivity contribution in [1.29, 1.82) is 5.26 Å². The monoisotopic (exact) mass is 336 g/mol. The third kappa shape index (κ3) is 3.43. The van der Waals surface area contributed by atoms with Crippen molar-refractivity contribution in [3.63, 3.8) is 0 Å². The highest BCUT2D eigenvalue weighted by atomic mass is 16.5. The van der Waals surface area contributed by atoms with E-state index >= 15 is 0 Å². The molecule has 1 amide bonds. The van der Waals surface area contributed by atoms with Gasteiger partial charge in [0.1, 0.15) is 11.5 Å². The highest BCUT2D eigenvalue weighted by Crippen LogP contribution is 2.36. The minimum atomic E-state index is -0.0403. The van der Waals surface area contributed by atoms with Gasteiger partial charge in [-0.1, -0.05) is 6.07 Å². The zero-order chi connectivity index (χ0) is 17.8. The van der Waals surface area contributed by atoms with E-state index in [2.05, 4.69) is 6.07 Å². The van der Waals surface area contributed by atoms with Gasteiger partial charge >= 0.3 is 0 Å². The highest BCUT2D eigenvalue weighted by molar-refractivity contribution is 5.94. The second-order valence-corrected chi connectivity index (χ2v) is 6.04. The van der Waals surface area contributed by atoms with Crippen molar-refractivity contribution >= 4 is 5.91 Å². The number of hydrogen-bond donors (Lipinski definition) is 0. The summed E-state index contributed by atoms with van der Waals surface area (Å²) in [5.74, 6) is 1.75. The fourth-order valence-electron chi connectivity index (χ4n) is 3.26. The van der Waals surface area contributed by atoms with Crippen LogP contribution in [0.25, 0.3) is 0 Å².